The molecule has 0 aliphatic carbocycles. The first-order valence-electron chi connectivity index (χ1n) is 10.4. The van der Waals surface area contributed by atoms with Gasteiger partial charge in [0.05, 0.1) is 23.5 Å². The molecule has 3 aromatic rings. The van der Waals surface area contributed by atoms with E-state index in [1.54, 1.807) is 36.5 Å². The molecule has 2 bridgehead atoms. The first-order chi connectivity index (χ1) is 15.9. The molecule has 6 nitrogen and oxygen atoms in total. The molecule has 0 spiro atoms. The van der Waals surface area contributed by atoms with Gasteiger partial charge in [0.1, 0.15) is 5.82 Å². The summed E-state index contributed by atoms with van der Waals surface area (Å²) in [5.74, 6) is -0.600. The zero-order valence-corrected chi connectivity index (χ0v) is 18.6. The number of rotatable bonds is 2. The van der Waals surface area contributed by atoms with Crippen molar-refractivity contribution in [1.82, 2.24) is 4.98 Å². The monoisotopic (exact) mass is 465 g/mol. The number of halogens is 2. The van der Waals surface area contributed by atoms with Crippen molar-refractivity contribution in [3.8, 4) is 11.1 Å². The molecule has 0 unspecified atom stereocenters. The number of hydrogen-bond acceptors (Lipinski definition) is 4. The van der Waals surface area contributed by atoms with Crippen molar-refractivity contribution in [3.05, 3.63) is 82.9 Å². The van der Waals surface area contributed by atoms with Crippen molar-refractivity contribution in [2.75, 3.05) is 17.7 Å². The Morgan fingerprint density at radius 2 is 1.97 bits per heavy atom. The van der Waals surface area contributed by atoms with Gasteiger partial charge in [0.2, 0.25) is 5.91 Å². The normalized spacial score (nSPS) is 13.5. The Labute approximate surface area is 195 Å². The van der Waals surface area contributed by atoms with Crippen LogP contribution >= 0.6 is 11.6 Å². The van der Waals surface area contributed by atoms with E-state index < -0.39 is 11.9 Å². The van der Waals surface area contributed by atoms with Crippen LogP contribution in [0.1, 0.15) is 30.5 Å². The third-order valence-corrected chi connectivity index (χ3v) is 5.43. The van der Waals surface area contributed by atoms with Gasteiger partial charge in [-0.25, -0.2) is 9.18 Å². The van der Waals surface area contributed by atoms with Gasteiger partial charge < -0.3 is 10.1 Å². The fourth-order valence-electron chi connectivity index (χ4n) is 3.67. The number of anilines is 2. The molecule has 0 radical (unpaired) electrons. The summed E-state index contributed by atoms with van der Waals surface area (Å²) in [6.07, 6.45) is 4.39. The van der Waals surface area contributed by atoms with Crippen molar-refractivity contribution in [3.63, 3.8) is 0 Å². The van der Waals surface area contributed by atoms with Crippen LogP contribution in [-0.2, 0) is 9.53 Å². The topological polar surface area (TPSA) is 80.3 Å². The third-order valence-electron chi connectivity index (χ3n) is 5.21. The molecule has 0 atom stereocenters. The van der Waals surface area contributed by atoms with Crippen LogP contribution in [0.15, 0.2) is 60.8 Å². The van der Waals surface area contributed by atoms with Gasteiger partial charge in [-0.1, -0.05) is 23.7 Å². The molecule has 1 aliphatic rings. The molecule has 1 aliphatic heterocycles. The van der Waals surface area contributed by atoms with Crippen molar-refractivity contribution < 1.29 is 18.7 Å². The number of benzene rings is 2. The highest BCUT2D eigenvalue weighted by molar-refractivity contribution is 6.30. The molecule has 4 rings (SSSR count). The van der Waals surface area contributed by atoms with Crippen LogP contribution < -0.4 is 10.6 Å². The number of nitrogens with zero attached hydrogens (tertiary/aromatic N) is 1. The zero-order valence-electron chi connectivity index (χ0n) is 17.8. The van der Waals surface area contributed by atoms with Crippen LogP contribution in [0.25, 0.3) is 16.7 Å². The van der Waals surface area contributed by atoms with E-state index in [1.165, 1.54) is 19.2 Å². The molecule has 2 aromatic carbocycles. The lowest BCUT2D eigenvalue weighted by Gasteiger charge is -2.17. The number of ether oxygens (including phenoxy) is 1. The molecular formula is C25H21ClFN3O3. The van der Waals surface area contributed by atoms with Gasteiger partial charge in [-0.05, 0) is 66.4 Å². The Bertz CT molecular complexity index is 1240. The summed E-state index contributed by atoms with van der Waals surface area (Å²) in [6, 6.07) is 13.2. The van der Waals surface area contributed by atoms with Crippen LogP contribution in [0.5, 0.6) is 0 Å². The SMILES string of the molecule is COC(=O)Nc1ccc2c(c1)NC(=O)CCCC=C(c1ccc(Cl)cn1)c1cc(F)cc-2c1. The lowest BCUT2D eigenvalue weighted by Crippen LogP contribution is -2.14. The van der Waals surface area contributed by atoms with Crippen LogP contribution in [-0.4, -0.2) is 24.1 Å². The summed E-state index contributed by atoms with van der Waals surface area (Å²) in [6.45, 7) is 0. The number of carbonyl (C=O) groups is 2. The Morgan fingerprint density at radius 1 is 1.15 bits per heavy atom. The second-order valence-corrected chi connectivity index (χ2v) is 7.96. The van der Waals surface area contributed by atoms with Crippen molar-refractivity contribution in [2.45, 2.75) is 19.3 Å². The van der Waals surface area contributed by atoms with E-state index in [1.807, 2.05) is 12.1 Å². The molecule has 0 fully saturated rings. The fourth-order valence-corrected chi connectivity index (χ4v) is 3.79. The third kappa shape index (κ3) is 5.38. The maximum atomic E-state index is 14.8. The first-order valence-corrected chi connectivity index (χ1v) is 10.7. The number of fused-ring (bicyclic) bond motifs is 4. The van der Waals surface area contributed by atoms with E-state index >= 15 is 0 Å². The lowest BCUT2D eigenvalue weighted by molar-refractivity contribution is -0.116. The van der Waals surface area contributed by atoms with Crippen molar-refractivity contribution in [1.29, 1.82) is 0 Å². The summed E-state index contributed by atoms with van der Waals surface area (Å²) in [4.78, 5) is 28.6. The molecule has 2 heterocycles. The van der Waals surface area contributed by atoms with Crippen LogP contribution in [0.4, 0.5) is 20.6 Å². The summed E-state index contributed by atoms with van der Waals surface area (Å²) < 4.78 is 19.4. The maximum Gasteiger partial charge on any atom is 0.411 e. The minimum atomic E-state index is -0.632. The summed E-state index contributed by atoms with van der Waals surface area (Å²) >= 11 is 5.99. The molecule has 2 N–H and O–H groups in total. The molecule has 0 saturated carbocycles. The average molecular weight is 466 g/mol. The lowest BCUT2D eigenvalue weighted by atomic mass is 9.94. The fraction of sp³-hybridized carbons (Fsp3) is 0.160. The number of nitrogens with one attached hydrogen (secondary N) is 2. The van der Waals surface area contributed by atoms with Gasteiger partial charge in [-0.2, -0.15) is 0 Å². The van der Waals surface area contributed by atoms with E-state index in [0.717, 1.165) is 5.57 Å². The second kappa shape index (κ2) is 9.83. The van der Waals surface area contributed by atoms with E-state index in [9.17, 15) is 14.0 Å². The van der Waals surface area contributed by atoms with Crippen LogP contribution in [0.2, 0.25) is 5.02 Å². The minimum Gasteiger partial charge on any atom is -0.453 e. The highest BCUT2D eigenvalue weighted by atomic mass is 35.5. The zero-order chi connectivity index (χ0) is 23.4. The highest BCUT2D eigenvalue weighted by Crippen LogP contribution is 2.35. The number of hydrogen-bond donors (Lipinski definition) is 2. The Morgan fingerprint density at radius 3 is 2.73 bits per heavy atom. The Kier molecular flexibility index (Phi) is 6.70. The molecule has 33 heavy (non-hydrogen) atoms. The highest BCUT2D eigenvalue weighted by Gasteiger charge is 2.16. The summed E-state index contributed by atoms with van der Waals surface area (Å²) in [5.41, 5.74) is 4.18. The van der Waals surface area contributed by atoms with Crippen LogP contribution in [0, 0.1) is 5.82 Å². The summed E-state index contributed by atoms with van der Waals surface area (Å²) in [7, 11) is 1.26. The van der Waals surface area contributed by atoms with Gasteiger partial charge in [0, 0.05) is 29.4 Å². The molecule has 168 valence electrons. The van der Waals surface area contributed by atoms with E-state index in [2.05, 4.69) is 20.4 Å². The van der Waals surface area contributed by atoms with Gasteiger partial charge in [0.15, 0.2) is 0 Å². The molecular weight excluding hydrogens is 445 g/mol. The van der Waals surface area contributed by atoms with Gasteiger partial charge in [0.25, 0.3) is 0 Å². The molecule has 2 amide bonds. The Balaban J connectivity index is 1.86. The van der Waals surface area contributed by atoms with Gasteiger partial charge in [-0.15, -0.1) is 0 Å². The standard InChI is InChI=1S/C25H21ClFN3O3/c1-33-25(32)29-19-7-8-21-16-10-15(11-18(27)12-16)20(22-9-6-17(26)14-28-22)4-2-3-5-24(31)30-23(21)13-19/h4,6-14H,2-3,5H2,1H3,(H,29,32)(H,30,31). The number of methoxy groups -OCH3 is 1. The van der Waals surface area contributed by atoms with Gasteiger partial charge >= 0.3 is 6.09 Å². The maximum absolute atomic E-state index is 14.8. The predicted molar refractivity (Wildman–Crippen MR) is 127 cm³/mol. The number of pyridine rings is 1. The molecule has 1 aromatic heterocycles. The molecule has 8 heteroatoms. The average Bonchev–Trinajstić information content (AvgIpc) is 2.79. The number of amides is 2. The number of allylic oxidation sites excluding steroid dienone is 1. The van der Waals surface area contributed by atoms with Crippen molar-refractivity contribution in [2.24, 2.45) is 0 Å². The van der Waals surface area contributed by atoms with Crippen LogP contribution in [0.3, 0.4) is 0 Å². The van der Waals surface area contributed by atoms with E-state index in [0.29, 0.717) is 58.0 Å². The first kappa shape index (κ1) is 22.5. The Hall–Kier alpha value is -3.71. The minimum absolute atomic E-state index is 0.178. The van der Waals surface area contributed by atoms with Gasteiger partial charge in [-0.3, -0.25) is 15.1 Å². The number of carbonyl (C=O) groups excluding carboxylic acids is 2. The van der Waals surface area contributed by atoms with Crippen molar-refractivity contribution >= 4 is 40.5 Å². The smallest absolute Gasteiger partial charge is 0.411 e. The quantitative estimate of drug-likeness (QED) is 0.467. The number of aromatic nitrogens is 1. The summed E-state index contributed by atoms with van der Waals surface area (Å²) in [5, 5.41) is 5.97. The van der Waals surface area contributed by atoms with E-state index in [4.69, 9.17) is 11.6 Å². The predicted octanol–water partition coefficient (Wildman–Crippen LogP) is 6.27. The largest absolute Gasteiger partial charge is 0.453 e. The second-order valence-electron chi connectivity index (χ2n) is 7.53. The van der Waals surface area contributed by atoms with E-state index in [-0.39, 0.29) is 5.91 Å². The molecule has 0 saturated heterocycles.